The first kappa shape index (κ1) is 26.7. The Hall–Kier alpha value is -3.50. The molecule has 0 spiro atoms. The van der Waals surface area contributed by atoms with Crippen molar-refractivity contribution in [1.82, 2.24) is 5.16 Å². The minimum atomic E-state index is -0.774. The lowest BCUT2D eigenvalue weighted by atomic mass is 9.91. The molecule has 1 heterocycles. The van der Waals surface area contributed by atoms with Crippen molar-refractivity contribution < 1.29 is 18.8 Å². The standard InChI is InChI=1S/C31H23Cl3N2O4/c1-17-9-19(11-21(10-17)39-16-37)24-13-31(24,15-35)23-8-7-20(12-27(23)34)38-14-22-29(36-40-30(22)18-5-6-18)28-25(32)3-2-4-26(28)33/h2-4,7-12,16,18,24H,5-6,13-14H2,1H3. The zero-order valence-electron chi connectivity index (χ0n) is 21.4. The predicted octanol–water partition coefficient (Wildman–Crippen LogP) is 8.55. The number of carbonyl (C=O) groups is 1. The smallest absolute Gasteiger partial charge is 0.298 e. The average molecular weight is 594 g/mol. The lowest BCUT2D eigenvalue weighted by molar-refractivity contribution is -0.120. The number of nitriles is 1. The predicted molar refractivity (Wildman–Crippen MR) is 152 cm³/mol. The van der Waals surface area contributed by atoms with Crippen molar-refractivity contribution in [3.8, 4) is 28.8 Å². The van der Waals surface area contributed by atoms with E-state index in [0.29, 0.717) is 56.6 Å². The highest BCUT2D eigenvalue weighted by Crippen LogP contribution is 2.62. The molecule has 40 heavy (non-hydrogen) atoms. The van der Waals surface area contributed by atoms with Gasteiger partial charge in [-0.1, -0.05) is 58.2 Å². The Kier molecular flexibility index (Phi) is 7.00. The molecule has 0 N–H and O–H groups in total. The van der Waals surface area contributed by atoms with Crippen LogP contribution in [0.2, 0.25) is 15.1 Å². The molecule has 2 atom stereocenters. The molecular weight excluding hydrogens is 571 g/mol. The molecule has 1 aromatic heterocycles. The van der Waals surface area contributed by atoms with Crippen molar-refractivity contribution in [2.75, 3.05) is 0 Å². The fraction of sp³-hybridized carbons (Fsp3) is 0.258. The van der Waals surface area contributed by atoms with Crippen LogP contribution in [0.4, 0.5) is 0 Å². The molecule has 2 saturated carbocycles. The van der Waals surface area contributed by atoms with Crippen molar-refractivity contribution in [2.45, 2.75) is 50.0 Å². The highest BCUT2D eigenvalue weighted by molar-refractivity contribution is 6.39. The van der Waals surface area contributed by atoms with E-state index in [1.807, 2.05) is 25.1 Å². The van der Waals surface area contributed by atoms with E-state index in [1.54, 1.807) is 36.4 Å². The van der Waals surface area contributed by atoms with Crippen LogP contribution in [0.3, 0.4) is 0 Å². The quantitative estimate of drug-likeness (QED) is 0.181. The number of rotatable bonds is 9. The number of aromatic nitrogens is 1. The van der Waals surface area contributed by atoms with E-state index in [2.05, 4.69) is 11.2 Å². The molecule has 2 aliphatic carbocycles. The second-order valence-corrected chi connectivity index (χ2v) is 11.5. The van der Waals surface area contributed by atoms with Crippen molar-refractivity contribution in [3.63, 3.8) is 0 Å². The van der Waals surface area contributed by atoms with Gasteiger partial charge in [0, 0.05) is 22.4 Å². The largest absolute Gasteiger partial charge is 0.489 e. The summed E-state index contributed by atoms with van der Waals surface area (Å²) in [6.45, 7) is 2.51. The third-order valence-corrected chi connectivity index (χ3v) is 8.53. The summed E-state index contributed by atoms with van der Waals surface area (Å²) in [4.78, 5) is 10.8. The number of carbonyl (C=O) groups excluding carboxylic acids is 1. The summed E-state index contributed by atoms with van der Waals surface area (Å²) in [5.74, 6) is 2.02. The maximum atomic E-state index is 10.8. The second kappa shape index (κ2) is 10.5. The number of aryl methyl sites for hydroxylation is 1. The summed E-state index contributed by atoms with van der Waals surface area (Å²) in [5.41, 5.74) is 3.83. The molecule has 0 bridgehead atoms. The Morgan fingerprint density at radius 3 is 2.52 bits per heavy atom. The van der Waals surface area contributed by atoms with E-state index < -0.39 is 5.41 Å². The molecule has 6 rings (SSSR count). The lowest BCUT2D eigenvalue weighted by Gasteiger charge is -2.15. The molecule has 4 aromatic rings. The number of ether oxygens (including phenoxy) is 2. The van der Waals surface area contributed by atoms with Gasteiger partial charge in [-0.2, -0.15) is 5.26 Å². The van der Waals surface area contributed by atoms with Gasteiger partial charge in [0.15, 0.2) is 0 Å². The van der Waals surface area contributed by atoms with Crippen LogP contribution in [0, 0.1) is 18.3 Å². The van der Waals surface area contributed by atoms with Crippen LogP contribution in [0.5, 0.6) is 11.5 Å². The first-order chi connectivity index (χ1) is 19.3. The van der Waals surface area contributed by atoms with E-state index >= 15 is 0 Å². The van der Waals surface area contributed by atoms with E-state index in [1.165, 1.54) is 0 Å². The molecule has 0 amide bonds. The molecule has 2 fully saturated rings. The van der Waals surface area contributed by atoms with Gasteiger partial charge in [-0.3, -0.25) is 4.79 Å². The highest BCUT2D eigenvalue weighted by Gasteiger charge is 2.58. The average Bonchev–Trinajstić information content (AvgIpc) is 3.85. The topological polar surface area (TPSA) is 85.4 Å². The van der Waals surface area contributed by atoms with Crippen molar-refractivity contribution in [1.29, 1.82) is 5.26 Å². The maximum Gasteiger partial charge on any atom is 0.298 e. The SMILES string of the molecule is Cc1cc(OC=O)cc(C2CC2(C#N)c2ccc(OCc3c(-c4c(Cl)cccc4Cl)noc3C3CC3)cc2Cl)c1. The van der Waals surface area contributed by atoms with E-state index in [4.69, 9.17) is 48.8 Å². The van der Waals surface area contributed by atoms with Gasteiger partial charge in [-0.15, -0.1) is 0 Å². The van der Waals surface area contributed by atoms with Crippen molar-refractivity contribution in [2.24, 2.45) is 0 Å². The van der Waals surface area contributed by atoms with Gasteiger partial charge < -0.3 is 14.0 Å². The number of benzene rings is 3. The third kappa shape index (κ3) is 4.83. The molecular formula is C31H23Cl3N2O4. The minimum absolute atomic E-state index is 0.0725. The number of hydrogen-bond donors (Lipinski definition) is 0. The van der Waals surface area contributed by atoms with E-state index in [0.717, 1.165) is 40.9 Å². The fourth-order valence-electron chi connectivity index (χ4n) is 5.40. The molecule has 202 valence electrons. The monoisotopic (exact) mass is 592 g/mol. The van der Waals surface area contributed by atoms with Gasteiger partial charge in [0.2, 0.25) is 0 Å². The maximum absolute atomic E-state index is 10.8. The first-order valence-electron chi connectivity index (χ1n) is 12.8. The molecule has 2 unspecified atom stereocenters. The zero-order valence-corrected chi connectivity index (χ0v) is 23.7. The molecule has 0 saturated heterocycles. The molecule has 0 radical (unpaired) electrons. The Morgan fingerprint density at radius 2 is 1.85 bits per heavy atom. The van der Waals surface area contributed by atoms with E-state index in [-0.39, 0.29) is 12.5 Å². The number of nitrogens with zero attached hydrogens (tertiary/aromatic N) is 2. The van der Waals surface area contributed by atoms with Gasteiger partial charge in [0.05, 0.1) is 27.1 Å². The van der Waals surface area contributed by atoms with Gasteiger partial charge >= 0.3 is 0 Å². The zero-order chi connectivity index (χ0) is 28.0. The summed E-state index contributed by atoms with van der Waals surface area (Å²) in [6, 6.07) is 18.8. The van der Waals surface area contributed by atoms with Crippen LogP contribution in [0.25, 0.3) is 11.3 Å². The Balaban J connectivity index is 1.25. The summed E-state index contributed by atoms with van der Waals surface area (Å²) < 4.78 is 17.0. The van der Waals surface area contributed by atoms with Crippen LogP contribution in [-0.2, 0) is 16.8 Å². The normalized spacial score (nSPS) is 19.6. The molecule has 0 aliphatic heterocycles. The van der Waals surface area contributed by atoms with Crippen LogP contribution < -0.4 is 9.47 Å². The van der Waals surface area contributed by atoms with Crippen molar-refractivity contribution in [3.05, 3.63) is 97.7 Å². The summed E-state index contributed by atoms with van der Waals surface area (Å²) in [5, 5.41) is 15.9. The van der Waals surface area contributed by atoms with Crippen LogP contribution >= 0.6 is 34.8 Å². The lowest BCUT2D eigenvalue weighted by Crippen LogP contribution is -2.08. The van der Waals surface area contributed by atoms with Crippen molar-refractivity contribution >= 4 is 41.3 Å². The Bertz CT molecular complexity index is 1650. The summed E-state index contributed by atoms with van der Waals surface area (Å²) in [7, 11) is 0. The molecule has 6 nitrogen and oxygen atoms in total. The van der Waals surface area contributed by atoms with Gasteiger partial charge in [-0.25, -0.2) is 0 Å². The molecule has 2 aliphatic rings. The number of halogens is 3. The van der Waals surface area contributed by atoms with Crippen LogP contribution in [0.1, 0.15) is 59.1 Å². The molecule has 9 heteroatoms. The van der Waals surface area contributed by atoms with Gasteiger partial charge in [-0.05, 0) is 79.3 Å². The molecule has 3 aromatic carbocycles. The van der Waals surface area contributed by atoms with Crippen LogP contribution in [-0.4, -0.2) is 11.6 Å². The summed E-state index contributed by atoms with van der Waals surface area (Å²) >= 11 is 19.7. The Morgan fingerprint density at radius 1 is 1.07 bits per heavy atom. The number of hydrogen-bond acceptors (Lipinski definition) is 6. The summed E-state index contributed by atoms with van der Waals surface area (Å²) in [6.07, 6.45) is 2.67. The highest BCUT2D eigenvalue weighted by atomic mass is 35.5. The fourth-order valence-corrected chi connectivity index (χ4v) is 6.31. The van der Waals surface area contributed by atoms with Gasteiger partial charge in [0.25, 0.3) is 6.47 Å². The van der Waals surface area contributed by atoms with E-state index in [9.17, 15) is 10.1 Å². The second-order valence-electron chi connectivity index (χ2n) is 10.3. The minimum Gasteiger partial charge on any atom is -0.489 e. The Labute approximate surface area is 246 Å². The first-order valence-corrected chi connectivity index (χ1v) is 14.0. The van der Waals surface area contributed by atoms with Gasteiger partial charge in [0.1, 0.15) is 29.6 Å². The van der Waals surface area contributed by atoms with Crippen LogP contribution in [0.15, 0.2) is 59.1 Å². The third-order valence-electron chi connectivity index (χ3n) is 7.59.